The molecule has 2 rings (SSSR count). The molecule has 0 aliphatic carbocycles. The molecule has 92 valence electrons. The van der Waals surface area contributed by atoms with Crippen LogP contribution in [0.2, 0.25) is 5.02 Å². The molecular weight excluding hydrogens is 274 g/mol. The van der Waals surface area contributed by atoms with Gasteiger partial charge in [0, 0.05) is 11.0 Å². The van der Waals surface area contributed by atoms with Gasteiger partial charge < -0.3 is 5.73 Å². The smallest absolute Gasteiger partial charge is 0.301 e. The summed E-state index contributed by atoms with van der Waals surface area (Å²) in [6.45, 7) is 0. The van der Waals surface area contributed by atoms with Gasteiger partial charge in [-0.05, 0) is 18.2 Å². The predicted molar refractivity (Wildman–Crippen MR) is 70.9 cm³/mol. The van der Waals surface area contributed by atoms with Crippen molar-refractivity contribution >= 4 is 34.9 Å². The first-order valence-corrected chi connectivity index (χ1v) is 6.10. The highest BCUT2D eigenvalue weighted by atomic mass is 35.5. The number of anilines is 1. The summed E-state index contributed by atoms with van der Waals surface area (Å²) in [5.74, 6) is 0.232. The Kier molecular flexibility index (Phi) is 3.69. The Labute approximate surface area is 112 Å². The van der Waals surface area contributed by atoms with E-state index >= 15 is 0 Å². The molecule has 0 aliphatic heterocycles. The van der Waals surface area contributed by atoms with Crippen LogP contribution in [-0.4, -0.2) is 9.91 Å². The van der Waals surface area contributed by atoms with Crippen LogP contribution in [0, 0.1) is 10.1 Å². The number of nitrogens with two attached hydrogens (primary N) is 1. The highest BCUT2D eigenvalue weighted by Crippen LogP contribution is 2.36. The van der Waals surface area contributed by atoms with Crippen LogP contribution in [0.5, 0.6) is 0 Å². The van der Waals surface area contributed by atoms with Crippen LogP contribution in [0.25, 0.3) is 0 Å². The van der Waals surface area contributed by atoms with Crippen LogP contribution in [0.15, 0.2) is 46.3 Å². The van der Waals surface area contributed by atoms with E-state index in [2.05, 4.69) is 4.98 Å². The third kappa shape index (κ3) is 2.72. The summed E-state index contributed by atoms with van der Waals surface area (Å²) in [6, 6.07) is 9.79. The van der Waals surface area contributed by atoms with Gasteiger partial charge in [-0.25, -0.2) is 4.98 Å². The molecule has 0 bridgehead atoms. The summed E-state index contributed by atoms with van der Waals surface area (Å²) in [6.07, 6.45) is 0. The number of hydrogen-bond acceptors (Lipinski definition) is 5. The quantitative estimate of drug-likeness (QED) is 0.689. The second-order valence-electron chi connectivity index (χ2n) is 3.35. The second kappa shape index (κ2) is 5.24. The van der Waals surface area contributed by atoms with E-state index in [1.54, 1.807) is 24.3 Å². The maximum atomic E-state index is 10.9. The second-order valence-corrected chi connectivity index (χ2v) is 4.79. The summed E-state index contributed by atoms with van der Waals surface area (Å²) < 4.78 is 0. The fourth-order valence-electron chi connectivity index (χ4n) is 1.29. The summed E-state index contributed by atoms with van der Waals surface area (Å²) in [7, 11) is 0. The lowest BCUT2D eigenvalue weighted by Crippen LogP contribution is -1.97. The average molecular weight is 282 g/mol. The number of nitro groups is 1. The molecule has 1 aromatic heterocycles. The van der Waals surface area contributed by atoms with Crippen molar-refractivity contribution in [3.63, 3.8) is 0 Å². The Morgan fingerprint density at radius 1 is 1.28 bits per heavy atom. The van der Waals surface area contributed by atoms with E-state index in [1.807, 2.05) is 0 Å². The minimum atomic E-state index is -0.494. The molecule has 2 aromatic rings. The first-order valence-electron chi connectivity index (χ1n) is 4.91. The molecule has 0 saturated heterocycles. The zero-order chi connectivity index (χ0) is 13.1. The summed E-state index contributed by atoms with van der Waals surface area (Å²) in [4.78, 5) is 15.1. The number of nitrogen functional groups attached to an aromatic ring is 1. The van der Waals surface area contributed by atoms with Crippen LogP contribution in [0.3, 0.4) is 0 Å². The van der Waals surface area contributed by atoms with E-state index in [0.717, 1.165) is 11.8 Å². The van der Waals surface area contributed by atoms with Gasteiger partial charge in [-0.1, -0.05) is 35.5 Å². The Bertz CT molecular complexity index is 607. The van der Waals surface area contributed by atoms with Crippen LogP contribution in [0.1, 0.15) is 0 Å². The lowest BCUT2D eigenvalue weighted by molar-refractivity contribution is -0.388. The molecule has 0 saturated carbocycles. The molecule has 18 heavy (non-hydrogen) atoms. The highest BCUT2D eigenvalue weighted by Gasteiger charge is 2.17. The van der Waals surface area contributed by atoms with Crippen molar-refractivity contribution < 1.29 is 4.92 Å². The number of aromatic nitrogens is 1. The van der Waals surface area contributed by atoms with Crippen molar-refractivity contribution in [3.05, 3.63) is 51.5 Å². The number of benzene rings is 1. The molecule has 1 heterocycles. The topological polar surface area (TPSA) is 82.0 Å². The molecule has 0 atom stereocenters. The third-order valence-electron chi connectivity index (χ3n) is 2.10. The van der Waals surface area contributed by atoms with Crippen LogP contribution < -0.4 is 5.73 Å². The number of rotatable bonds is 3. The maximum absolute atomic E-state index is 10.9. The van der Waals surface area contributed by atoms with Gasteiger partial charge in [-0.2, -0.15) is 0 Å². The van der Waals surface area contributed by atoms with E-state index < -0.39 is 4.92 Å². The highest BCUT2D eigenvalue weighted by molar-refractivity contribution is 7.99. The monoisotopic (exact) mass is 281 g/mol. The molecule has 5 nitrogen and oxygen atoms in total. The van der Waals surface area contributed by atoms with Crippen molar-refractivity contribution in [1.29, 1.82) is 0 Å². The summed E-state index contributed by atoms with van der Waals surface area (Å²) >= 11 is 7.11. The van der Waals surface area contributed by atoms with Crippen molar-refractivity contribution in [3.8, 4) is 0 Å². The van der Waals surface area contributed by atoms with Gasteiger partial charge >= 0.3 is 5.69 Å². The van der Waals surface area contributed by atoms with E-state index in [4.69, 9.17) is 17.3 Å². The Balaban J connectivity index is 2.42. The average Bonchev–Trinajstić information content (AvgIpc) is 2.32. The zero-order valence-electron chi connectivity index (χ0n) is 9.04. The van der Waals surface area contributed by atoms with E-state index in [9.17, 15) is 10.1 Å². The minimum absolute atomic E-state index is 0.0888. The molecular formula is C11H8ClN3O2S. The van der Waals surface area contributed by atoms with Gasteiger partial charge in [-0.3, -0.25) is 10.1 Å². The Hall–Kier alpha value is -1.79. The van der Waals surface area contributed by atoms with Gasteiger partial charge in [0.1, 0.15) is 5.82 Å². The molecule has 2 N–H and O–H groups in total. The maximum Gasteiger partial charge on any atom is 0.301 e. The van der Waals surface area contributed by atoms with Gasteiger partial charge in [0.25, 0.3) is 0 Å². The fraction of sp³-hybridized carbons (Fsp3) is 0. The first-order chi connectivity index (χ1) is 8.58. The van der Waals surface area contributed by atoms with Crippen molar-refractivity contribution in [2.45, 2.75) is 9.92 Å². The Morgan fingerprint density at radius 2 is 2.00 bits per heavy atom. The van der Waals surface area contributed by atoms with Crippen molar-refractivity contribution in [2.24, 2.45) is 0 Å². The lowest BCUT2D eigenvalue weighted by atomic mass is 10.4. The molecule has 7 heteroatoms. The van der Waals surface area contributed by atoms with Crippen molar-refractivity contribution in [1.82, 2.24) is 4.98 Å². The first kappa shape index (κ1) is 12.7. The molecule has 0 radical (unpaired) electrons. The normalized spacial score (nSPS) is 10.3. The Morgan fingerprint density at radius 3 is 2.67 bits per heavy atom. The molecule has 0 amide bonds. The van der Waals surface area contributed by atoms with Gasteiger partial charge in [0.2, 0.25) is 0 Å². The fourth-order valence-corrected chi connectivity index (χ4v) is 2.46. The standard InChI is InChI=1S/C11H8ClN3O2S/c12-7-3-1-2-4-9(7)18-11-8(15(16)17)5-6-10(13)14-11/h1-6H,(H2,13,14). The van der Waals surface area contributed by atoms with Crippen LogP contribution >= 0.6 is 23.4 Å². The van der Waals surface area contributed by atoms with E-state index in [-0.39, 0.29) is 16.5 Å². The van der Waals surface area contributed by atoms with E-state index in [0.29, 0.717) is 9.92 Å². The van der Waals surface area contributed by atoms with Gasteiger partial charge in [-0.15, -0.1) is 0 Å². The zero-order valence-corrected chi connectivity index (χ0v) is 10.6. The molecule has 0 spiro atoms. The van der Waals surface area contributed by atoms with Crippen LogP contribution in [0.4, 0.5) is 11.5 Å². The molecule has 0 fully saturated rings. The summed E-state index contributed by atoms with van der Waals surface area (Å²) in [5.41, 5.74) is 5.45. The van der Waals surface area contributed by atoms with Crippen molar-refractivity contribution in [2.75, 3.05) is 5.73 Å². The number of hydrogen-bond donors (Lipinski definition) is 1. The van der Waals surface area contributed by atoms with Gasteiger partial charge in [0.15, 0.2) is 5.03 Å². The molecule has 0 unspecified atom stereocenters. The van der Waals surface area contributed by atoms with E-state index in [1.165, 1.54) is 12.1 Å². The molecule has 0 aliphatic rings. The van der Waals surface area contributed by atoms with Gasteiger partial charge in [0.05, 0.1) is 9.95 Å². The molecule has 1 aromatic carbocycles. The third-order valence-corrected chi connectivity index (χ3v) is 3.61. The number of nitrogens with zero attached hydrogens (tertiary/aromatic N) is 2. The largest absolute Gasteiger partial charge is 0.384 e. The predicted octanol–water partition coefficient (Wildman–Crippen LogP) is 3.38. The number of pyridine rings is 1. The summed E-state index contributed by atoms with van der Waals surface area (Å²) in [5, 5.41) is 11.6. The lowest BCUT2D eigenvalue weighted by Gasteiger charge is -2.04. The SMILES string of the molecule is Nc1ccc([N+](=O)[O-])c(Sc2ccccc2Cl)n1. The number of halogens is 1. The van der Waals surface area contributed by atoms with Crippen LogP contribution in [-0.2, 0) is 0 Å². The minimum Gasteiger partial charge on any atom is -0.384 e.